The van der Waals surface area contributed by atoms with Crippen LogP contribution in [-0.2, 0) is 14.3 Å². The summed E-state index contributed by atoms with van der Waals surface area (Å²) in [6, 6.07) is 0. The van der Waals surface area contributed by atoms with Gasteiger partial charge in [-0.1, -0.05) is 0 Å². The fraction of sp³-hybridized carbons (Fsp3) is 0.833. The van der Waals surface area contributed by atoms with Crippen molar-refractivity contribution in [3.05, 3.63) is 0 Å². The van der Waals surface area contributed by atoms with Crippen molar-refractivity contribution >= 4 is 17.8 Å². The third kappa shape index (κ3) is 6.07. The van der Waals surface area contributed by atoms with Crippen LogP contribution in [0.5, 0.6) is 0 Å². The minimum Gasteiger partial charge on any atom is -0.378 e. The van der Waals surface area contributed by atoms with Crippen LogP contribution < -0.4 is 10.6 Å². The summed E-state index contributed by atoms with van der Waals surface area (Å²) in [4.78, 5) is 34.9. The predicted molar refractivity (Wildman–Crippen MR) is 105 cm³/mol. The quantitative estimate of drug-likeness (QED) is 0.459. The molecule has 0 aliphatic carbocycles. The molecule has 0 bridgehead atoms. The second-order valence-corrected chi connectivity index (χ2v) is 7.62. The fourth-order valence-electron chi connectivity index (χ4n) is 3.27. The summed E-state index contributed by atoms with van der Waals surface area (Å²) < 4.78 is 5.30. The molecule has 9 heteroatoms. The van der Waals surface area contributed by atoms with Crippen molar-refractivity contribution in [1.29, 1.82) is 0 Å². The van der Waals surface area contributed by atoms with Gasteiger partial charge in [-0.25, -0.2) is 0 Å². The second kappa shape index (κ2) is 9.89. The highest BCUT2D eigenvalue weighted by Crippen LogP contribution is 2.13. The number of guanidine groups is 1. The molecule has 0 aromatic rings. The highest BCUT2D eigenvalue weighted by molar-refractivity contribution is 5.84. The van der Waals surface area contributed by atoms with E-state index in [0.29, 0.717) is 39.4 Å². The van der Waals surface area contributed by atoms with Crippen LogP contribution in [0, 0.1) is 5.41 Å². The number of rotatable bonds is 5. The molecule has 154 valence electrons. The van der Waals surface area contributed by atoms with Crippen molar-refractivity contribution < 1.29 is 14.3 Å². The van der Waals surface area contributed by atoms with Gasteiger partial charge in [-0.3, -0.25) is 19.5 Å². The van der Waals surface area contributed by atoms with Crippen molar-refractivity contribution in [2.45, 2.75) is 13.8 Å². The van der Waals surface area contributed by atoms with E-state index in [9.17, 15) is 9.59 Å². The lowest BCUT2D eigenvalue weighted by molar-refractivity contribution is -0.136. The summed E-state index contributed by atoms with van der Waals surface area (Å²) >= 11 is 0. The van der Waals surface area contributed by atoms with Gasteiger partial charge in [0.15, 0.2) is 5.96 Å². The molecular weight excluding hydrogens is 348 g/mol. The zero-order chi connectivity index (χ0) is 19.9. The molecular formula is C18H34N6O3. The molecule has 0 unspecified atom stereocenters. The molecule has 2 saturated heterocycles. The van der Waals surface area contributed by atoms with Crippen LogP contribution in [-0.4, -0.2) is 112 Å². The number of nitrogens with zero attached hydrogens (tertiary/aromatic N) is 4. The molecule has 27 heavy (non-hydrogen) atoms. The zero-order valence-corrected chi connectivity index (χ0v) is 17.1. The van der Waals surface area contributed by atoms with Gasteiger partial charge in [0, 0.05) is 59.9 Å². The zero-order valence-electron chi connectivity index (χ0n) is 17.1. The van der Waals surface area contributed by atoms with Gasteiger partial charge < -0.3 is 25.2 Å². The van der Waals surface area contributed by atoms with Gasteiger partial charge in [0.1, 0.15) is 0 Å². The number of morpholine rings is 1. The number of piperazine rings is 1. The van der Waals surface area contributed by atoms with E-state index in [4.69, 9.17) is 4.74 Å². The molecule has 0 saturated carbocycles. The van der Waals surface area contributed by atoms with Gasteiger partial charge in [0.2, 0.25) is 11.8 Å². The number of amides is 2. The average molecular weight is 383 g/mol. The van der Waals surface area contributed by atoms with Crippen LogP contribution in [0.25, 0.3) is 0 Å². The van der Waals surface area contributed by atoms with E-state index in [1.165, 1.54) is 0 Å². The number of hydrogen-bond acceptors (Lipinski definition) is 5. The second-order valence-electron chi connectivity index (χ2n) is 7.62. The Morgan fingerprint density at radius 1 is 1.04 bits per heavy atom. The van der Waals surface area contributed by atoms with Crippen LogP contribution in [0.4, 0.5) is 0 Å². The van der Waals surface area contributed by atoms with Crippen LogP contribution >= 0.6 is 0 Å². The van der Waals surface area contributed by atoms with Crippen molar-refractivity contribution in [1.82, 2.24) is 25.3 Å². The number of aliphatic imine (C=N–C) groups is 1. The van der Waals surface area contributed by atoms with Crippen molar-refractivity contribution in [2.24, 2.45) is 10.4 Å². The van der Waals surface area contributed by atoms with Crippen LogP contribution in [0.2, 0.25) is 0 Å². The van der Waals surface area contributed by atoms with E-state index < -0.39 is 5.41 Å². The third-order valence-corrected chi connectivity index (χ3v) is 5.14. The summed E-state index contributed by atoms with van der Waals surface area (Å²) in [6.07, 6.45) is 0. The largest absolute Gasteiger partial charge is 0.378 e. The van der Waals surface area contributed by atoms with Crippen LogP contribution in [0.3, 0.4) is 0 Å². The average Bonchev–Trinajstić information content (AvgIpc) is 2.69. The summed E-state index contributed by atoms with van der Waals surface area (Å²) in [7, 11) is 3.40. The van der Waals surface area contributed by atoms with Gasteiger partial charge in [-0.05, 0) is 13.8 Å². The maximum Gasteiger partial charge on any atom is 0.236 e. The Morgan fingerprint density at radius 2 is 1.67 bits per heavy atom. The monoisotopic (exact) mass is 382 g/mol. The maximum atomic E-state index is 12.4. The van der Waals surface area contributed by atoms with E-state index in [2.05, 4.69) is 25.4 Å². The summed E-state index contributed by atoms with van der Waals surface area (Å²) in [6.45, 7) is 10.7. The summed E-state index contributed by atoms with van der Waals surface area (Å²) in [5.41, 5.74) is -0.517. The first-order chi connectivity index (χ1) is 12.9. The van der Waals surface area contributed by atoms with Crippen LogP contribution in [0.1, 0.15) is 13.8 Å². The Hall–Kier alpha value is -1.87. The van der Waals surface area contributed by atoms with Gasteiger partial charge >= 0.3 is 0 Å². The highest BCUT2D eigenvalue weighted by atomic mass is 16.5. The number of hydrogen-bond donors (Lipinski definition) is 2. The molecule has 9 nitrogen and oxygen atoms in total. The van der Waals surface area contributed by atoms with Gasteiger partial charge in [0.05, 0.1) is 25.2 Å². The SMILES string of the molecule is CN=C(NCC(C)(C)C(=O)NC)N1CCN(CC(=O)N2CCOCC2)CC1. The lowest BCUT2D eigenvalue weighted by Crippen LogP contribution is -2.56. The molecule has 2 N–H and O–H groups in total. The molecule has 0 atom stereocenters. The maximum absolute atomic E-state index is 12.4. The Labute approximate surface area is 162 Å². The number of carbonyl (C=O) groups is 2. The molecule has 0 radical (unpaired) electrons. The van der Waals surface area contributed by atoms with E-state index in [-0.39, 0.29) is 11.8 Å². The summed E-state index contributed by atoms with van der Waals surface area (Å²) in [5, 5.41) is 6.00. The van der Waals surface area contributed by atoms with Crippen molar-refractivity contribution in [2.75, 3.05) is 79.7 Å². The van der Waals surface area contributed by atoms with Gasteiger partial charge in [0.25, 0.3) is 0 Å². The topological polar surface area (TPSA) is 89.5 Å². The minimum atomic E-state index is -0.517. The lowest BCUT2D eigenvalue weighted by Gasteiger charge is -2.38. The smallest absolute Gasteiger partial charge is 0.236 e. The Bertz CT molecular complexity index is 537. The highest BCUT2D eigenvalue weighted by Gasteiger charge is 2.28. The predicted octanol–water partition coefficient (Wildman–Crippen LogP) is -1.19. The fourth-order valence-corrected chi connectivity index (χ4v) is 3.27. The standard InChI is InChI=1S/C18H34N6O3/c1-18(2,16(26)19-3)14-21-17(20-4)24-7-5-22(6-8-24)13-15(25)23-9-11-27-12-10-23/h5-14H2,1-4H3,(H,19,26)(H,20,21). The first-order valence-corrected chi connectivity index (χ1v) is 9.63. The minimum absolute atomic E-state index is 0.00287. The number of ether oxygens (including phenoxy) is 1. The molecule has 2 rings (SSSR count). The Kier molecular flexibility index (Phi) is 7.85. The first kappa shape index (κ1) is 21.4. The molecule has 0 spiro atoms. The molecule has 2 heterocycles. The summed E-state index contributed by atoms with van der Waals surface area (Å²) in [5.74, 6) is 0.976. The molecule has 2 aliphatic rings. The Morgan fingerprint density at radius 3 is 2.22 bits per heavy atom. The van der Waals surface area contributed by atoms with Gasteiger partial charge in [-0.15, -0.1) is 0 Å². The van der Waals surface area contributed by atoms with Gasteiger partial charge in [-0.2, -0.15) is 0 Å². The van der Waals surface area contributed by atoms with Crippen molar-refractivity contribution in [3.63, 3.8) is 0 Å². The normalized spacial score (nSPS) is 19.8. The lowest BCUT2D eigenvalue weighted by atomic mass is 9.92. The molecule has 0 aromatic carbocycles. The number of nitrogens with one attached hydrogen (secondary N) is 2. The molecule has 2 amide bonds. The number of carbonyl (C=O) groups excluding carboxylic acids is 2. The van der Waals surface area contributed by atoms with E-state index in [0.717, 1.165) is 32.1 Å². The van der Waals surface area contributed by atoms with E-state index in [1.807, 2.05) is 18.7 Å². The van der Waals surface area contributed by atoms with E-state index >= 15 is 0 Å². The van der Waals surface area contributed by atoms with Crippen LogP contribution in [0.15, 0.2) is 4.99 Å². The molecule has 2 fully saturated rings. The van der Waals surface area contributed by atoms with E-state index in [1.54, 1.807) is 14.1 Å². The first-order valence-electron chi connectivity index (χ1n) is 9.63. The van der Waals surface area contributed by atoms with Crippen molar-refractivity contribution in [3.8, 4) is 0 Å². The molecule has 2 aliphatic heterocycles. The third-order valence-electron chi connectivity index (χ3n) is 5.14. The Balaban J connectivity index is 1.77. The molecule has 0 aromatic heterocycles.